The molecule has 14 heavy (non-hydrogen) atoms. The van der Waals surface area contributed by atoms with Gasteiger partial charge in [0.2, 0.25) is 0 Å². The second-order valence-electron chi connectivity index (χ2n) is 3.39. The van der Waals surface area contributed by atoms with E-state index < -0.39 is 0 Å². The minimum Gasteiger partial charge on any atom is -0.381 e. The van der Waals surface area contributed by atoms with Crippen molar-refractivity contribution in [1.29, 1.82) is 0 Å². The van der Waals surface area contributed by atoms with Gasteiger partial charge >= 0.3 is 0 Å². The number of nitrogens with zero attached hydrogens (tertiary/aromatic N) is 1. The van der Waals surface area contributed by atoms with E-state index in [4.69, 9.17) is 10.3 Å². The van der Waals surface area contributed by atoms with Crippen LogP contribution >= 0.6 is 0 Å². The molecule has 0 aliphatic heterocycles. The van der Waals surface area contributed by atoms with Crippen LogP contribution in [0.5, 0.6) is 0 Å². The highest BCUT2D eigenvalue weighted by Crippen LogP contribution is 2.26. The Kier molecular flexibility index (Phi) is 2.00. The van der Waals surface area contributed by atoms with E-state index in [1.807, 2.05) is 38.1 Å². The molecule has 0 radical (unpaired) electrons. The summed E-state index contributed by atoms with van der Waals surface area (Å²) >= 11 is 0. The highest BCUT2D eigenvalue weighted by Gasteiger charge is 2.10. The summed E-state index contributed by atoms with van der Waals surface area (Å²) in [6.45, 7) is 3.95. The van der Waals surface area contributed by atoms with Gasteiger partial charge < -0.3 is 10.3 Å². The van der Waals surface area contributed by atoms with E-state index >= 15 is 0 Å². The minimum absolute atomic E-state index is 0.460. The number of rotatable bonds is 1. The Morgan fingerprint density at radius 1 is 1.29 bits per heavy atom. The molecule has 0 spiro atoms. The third kappa shape index (κ3) is 1.37. The highest BCUT2D eigenvalue weighted by atomic mass is 16.5. The largest absolute Gasteiger partial charge is 0.381 e. The van der Waals surface area contributed by atoms with Crippen LogP contribution in [0.2, 0.25) is 0 Å². The van der Waals surface area contributed by atoms with Crippen molar-refractivity contribution in [1.82, 2.24) is 5.16 Å². The maximum atomic E-state index is 5.61. The Balaban J connectivity index is 2.55. The van der Waals surface area contributed by atoms with E-state index in [0.29, 0.717) is 5.82 Å². The molecule has 2 aromatic rings. The number of hydrogen-bond acceptors (Lipinski definition) is 3. The fraction of sp³-hybridized carbons (Fsp3) is 0.182. The Bertz CT molecular complexity index is 460. The molecule has 0 amide bonds. The van der Waals surface area contributed by atoms with Crippen LogP contribution in [0.25, 0.3) is 11.3 Å². The van der Waals surface area contributed by atoms with E-state index in [2.05, 4.69) is 5.16 Å². The van der Waals surface area contributed by atoms with Crippen LogP contribution in [0.4, 0.5) is 5.82 Å². The molecule has 1 aromatic carbocycles. The summed E-state index contributed by atoms with van der Waals surface area (Å²) in [4.78, 5) is 0. The molecule has 3 nitrogen and oxygen atoms in total. The SMILES string of the molecule is Cc1cccc(-c2onc(N)c2C)c1. The smallest absolute Gasteiger partial charge is 0.171 e. The molecular formula is C11H12N2O. The molecular weight excluding hydrogens is 176 g/mol. The zero-order valence-electron chi connectivity index (χ0n) is 8.24. The summed E-state index contributed by atoms with van der Waals surface area (Å²) in [7, 11) is 0. The number of anilines is 1. The monoisotopic (exact) mass is 188 g/mol. The van der Waals surface area contributed by atoms with Crippen molar-refractivity contribution in [2.75, 3.05) is 5.73 Å². The Labute approximate surface area is 82.5 Å². The second kappa shape index (κ2) is 3.18. The van der Waals surface area contributed by atoms with Crippen molar-refractivity contribution in [3.8, 4) is 11.3 Å². The normalized spacial score (nSPS) is 10.4. The van der Waals surface area contributed by atoms with Crippen LogP contribution in [0.3, 0.4) is 0 Å². The van der Waals surface area contributed by atoms with Gasteiger partial charge in [0.25, 0.3) is 0 Å². The summed E-state index contributed by atoms with van der Waals surface area (Å²) < 4.78 is 5.16. The summed E-state index contributed by atoms with van der Waals surface area (Å²) in [6, 6.07) is 8.06. The molecule has 1 aromatic heterocycles. The number of benzene rings is 1. The average molecular weight is 188 g/mol. The van der Waals surface area contributed by atoms with Crippen LogP contribution in [0.1, 0.15) is 11.1 Å². The van der Waals surface area contributed by atoms with Gasteiger partial charge in [0, 0.05) is 11.1 Å². The number of aromatic nitrogens is 1. The Morgan fingerprint density at radius 2 is 2.07 bits per heavy atom. The average Bonchev–Trinajstić information content (AvgIpc) is 2.48. The van der Waals surface area contributed by atoms with Gasteiger partial charge in [0.15, 0.2) is 11.6 Å². The van der Waals surface area contributed by atoms with Crippen molar-refractivity contribution in [2.24, 2.45) is 0 Å². The van der Waals surface area contributed by atoms with Gasteiger partial charge in [-0.3, -0.25) is 0 Å². The predicted molar refractivity (Wildman–Crippen MR) is 55.8 cm³/mol. The maximum absolute atomic E-state index is 5.61. The number of nitrogen functional groups attached to an aromatic ring is 1. The van der Waals surface area contributed by atoms with Crippen LogP contribution in [0, 0.1) is 13.8 Å². The highest BCUT2D eigenvalue weighted by molar-refractivity contribution is 5.65. The van der Waals surface area contributed by atoms with Gasteiger partial charge in [-0.25, -0.2) is 0 Å². The van der Waals surface area contributed by atoms with Gasteiger partial charge in [-0.1, -0.05) is 28.9 Å². The van der Waals surface area contributed by atoms with E-state index in [1.165, 1.54) is 5.56 Å². The van der Waals surface area contributed by atoms with Crippen molar-refractivity contribution < 1.29 is 4.52 Å². The molecule has 0 aliphatic rings. The quantitative estimate of drug-likeness (QED) is 0.748. The molecule has 0 saturated carbocycles. The molecule has 0 bridgehead atoms. The molecule has 0 fully saturated rings. The number of aryl methyl sites for hydroxylation is 1. The van der Waals surface area contributed by atoms with Crippen LogP contribution in [-0.2, 0) is 0 Å². The van der Waals surface area contributed by atoms with Crippen LogP contribution < -0.4 is 5.73 Å². The Hall–Kier alpha value is -1.77. The predicted octanol–water partition coefficient (Wildman–Crippen LogP) is 2.54. The van der Waals surface area contributed by atoms with Gasteiger partial charge in [-0.2, -0.15) is 0 Å². The first-order valence-corrected chi connectivity index (χ1v) is 4.47. The van der Waals surface area contributed by atoms with E-state index in [0.717, 1.165) is 16.9 Å². The summed E-state index contributed by atoms with van der Waals surface area (Å²) in [5, 5.41) is 3.72. The first kappa shape index (κ1) is 8.81. The third-order valence-corrected chi connectivity index (χ3v) is 2.24. The zero-order valence-corrected chi connectivity index (χ0v) is 8.24. The van der Waals surface area contributed by atoms with Crippen molar-refractivity contribution in [3.05, 3.63) is 35.4 Å². The fourth-order valence-corrected chi connectivity index (χ4v) is 1.40. The lowest BCUT2D eigenvalue weighted by atomic mass is 10.1. The molecule has 0 saturated heterocycles. The first-order chi connectivity index (χ1) is 6.68. The van der Waals surface area contributed by atoms with Crippen LogP contribution in [0.15, 0.2) is 28.8 Å². The first-order valence-electron chi connectivity index (χ1n) is 4.47. The standard InChI is InChI=1S/C11H12N2O/c1-7-4-3-5-9(6-7)10-8(2)11(12)13-14-10/h3-6H,1-2H3,(H2,12,13). The summed E-state index contributed by atoms with van der Waals surface area (Å²) in [5.74, 6) is 1.22. The number of hydrogen-bond donors (Lipinski definition) is 1. The minimum atomic E-state index is 0.460. The number of nitrogens with two attached hydrogens (primary N) is 1. The van der Waals surface area contributed by atoms with E-state index in [1.54, 1.807) is 0 Å². The molecule has 0 aliphatic carbocycles. The van der Waals surface area contributed by atoms with Crippen molar-refractivity contribution in [3.63, 3.8) is 0 Å². The van der Waals surface area contributed by atoms with Crippen LogP contribution in [-0.4, -0.2) is 5.16 Å². The topological polar surface area (TPSA) is 52.0 Å². The van der Waals surface area contributed by atoms with Crippen molar-refractivity contribution in [2.45, 2.75) is 13.8 Å². The summed E-state index contributed by atoms with van der Waals surface area (Å²) in [6.07, 6.45) is 0. The zero-order chi connectivity index (χ0) is 10.1. The molecule has 3 heteroatoms. The third-order valence-electron chi connectivity index (χ3n) is 2.24. The van der Waals surface area contributed by atoms with Crippen molar-refractivity contribution >= 4 is 5.82 Å². The molecule has 0 unspecified atom stereocenters. The van der Waals surface area contributed by atoms with Gasteiger partial charge in [0.1, 0.15) is 0 Å². The Morgan fingerprint density at radius 3 is 2.64 bits per heavy atom. The van der Waals surface area contributed by atoms with E-state index in [9.17, 15) is 0 Å². The van der Waals surface area contributed by atoms with E-state index in [-0.39, 0.29) is 0 Å². The molecule has 1 heterocycles. The second-order valence-corrected chi connectivity index (χ2v) is 3.39. The lowest BCUT2D eigenvalue weighted by Crippen LogP contribution is -1.86. The fourth-order valence-electron chi connectivity index (χ4n) is 1.40. The maximum Gasteiger partial charge on any atom is 0.171 e. The van der Waals surface area contributed by atoms with Gasteiger partial charge in [-0.05, 0) is 19.9 Å². The lowest BCUT2D eigenvalue weighted by Gasteiger charge is -1.98. The lowest BCUT2D eigenvalue weighted by molar-refractivity contribution is 0.435. The molecule has 2 rings (SSSR count). The summed E-state index contributed by atoms with van der Waals surface area (Å²) in [5.41, 5.74) is 8.72. The van der Waals surface area contributed by atoms with Gasteiger partial charge in [-0.15, -0.1) is 0 Å². The molecule has 72 valence electrons. The van der Waals surface area contributed by atoms with Gasteiger partial charge in [0.05, 0.1) is 0 Å². The molecule has 0 atom stereocenters. The molecule has 2 N–H and O–H groups in total.